The van der Waals surface area contributed by atoms with E-state index in [1.54, 1.807) is 0 Å². The summed E-state index contributed by atoms with van der Waals surface area (Å²) in [4.78, 5) is 2.09. The number of furan rings is 1. The van der Waals surface area contributed by atoms with Crippen molar-refractivity contribution in [1.82, 2.24) is 10.2 Å². The molecule has 2 N–H and O–H groups in total. The molecule has 96 valence electrons. The summed E-state index contributed by atoms with van der Waals surface area (Å²) in [5, 5.41) is 12.1. The summed E-state index contributed by atoms with van der Waals surface area (Å²) in [6.45, 7) is 8.74. The first kappa shape index (κ1) is 14.0. The molecule has 0 bridgehead atoms. The molecular weight excluding hydrogens is 216 g/mol. The highest BCUT2D eigenvalue weighted by atomic mass is 16.3. The van der Waals surface area contributed by atoms with Gasteiger partial charge in [-0.05, 0) is 20.0 Å². The third-order valence-corrected chi connectivity index (χ3v) is 2.62. The molecule has 1 aromatic heterocycles. The Morgan fingerprint density at radius 3 is 2.94 bits per heavy atom. The molecule has 0 saturated heterocycles. The summed E-state index contributed by atoms with van der Waals surface area (Å²) in [6, 6.07) is 2.07. The Morgan fingerprint density at radius 2 is 2.35 bits per heavy atom. The van der Waals surface area contributed by atoms with Gasteiger partial charge in [-0.15, -0.1) is 6.58 Å². The molecule has 4 heteroatoms. The van der Waals surface area contributed by atoms with Crippen LogP contribution in [0.25, 0.3) is 0 Å². The molecule has 4 nitrogen and oxygen atoms in total. The fourth-order valence-electron chi connectivity index (χ4n) is 1.81. The Hall–Kier alpha value is -1.10. The Labute approximate surface area is 103 Å². The van der Waals surface area contributed by atoms with Gasteiger partial charge in [0.1, 0.15) is 11.5 Å². The fraction of sp³-hybridized carbons (Fsp3) is 0.538. The summed E-state index contributed by atoms with van der Waals surface area (Å²) in [7, 11) is 1.92. The SMILES string of the molecule is C=CCN(CCO)Cc1cc(CNC)c(C)o1. The van der Waals surface area contributed by atoms with Crippen LogP contribution in [0.3, 0.4) is 0 Å². The monoisotopic (exact) mass is 238 g/mol. The van der Waals surface area contributed by atoms with E-state index in [9.17, 15) is 0 Å². The number of nitrogens with one attached hydrogen (secondary N) is 1. The van der Waals surface area contributed by atoms with Crippen molar-refractivity contribution in [1.29, 1.82) is 0 Å². The molecule has 0 aliphatic heterocycles. The zero-order valence-corrected chi connectivity index (χ0v) is 10.7. The predicted molar refractivity (Wildman–Crippen MR) is 68.8 cm³/mol. The van der Waals surface area contributed by atoms with Crippen LogP contribution < -0.4 is 5.32 Å². The van der Waals surface area contributed by atoms with E-state index >= 15 is 0 Å². The van der Waals surface area contributed by atoms with Crippen LogP contribution in [-0.4, -0.2) is 36.8 Å². The van der Waals surface area contributed by atoms with Crippen molar-refractivity contribution >= 4 is 0 Å². The van der Waals surface area contributed by atoms with E-state index in [2.05, 4.69) is 22.9 Å². The molecule has 1 heterocycles. The molecule has 0 atom stereocenters. The number of hydrogen-bond acceptors (Lipinski definition) is 4. The maximum absolute atomic E-state index is 8.97. The first-order valence-electron chi connectivity index (χ1n) is 5.88. The molecule has 1 rings (SSSR count). The van der Waals surface area contributed by atoms with Crippen LogP contribution in [0.15, 0.2) is 23.1 Å². The van der Waals surface area contributed by atoms with Crippen LogP contribution in [0.5, 0.6) is 0 Å². The zero-order valence-electron chi connectivity index (χ0n) is 10.7. The molecule has 0 aliphatic rings. The third-order valence-electron chi connectivity index (χ3n) is 2.62. The average molecular weight is 238 g/mol. The molecular formula is C13H22N2O2. The lowest BCUT2D eigenvalue weighted by molar-refractivity contribution is 0.193. The highest BCUT2D eigenvalue weighted by molar-refractivity contribution is 5.20. The minimum atomic E-state index is 0.150. The Kier molecular flexibility index (Phi) is 5.97. The van der Waals surface area contributed by atoms with Crippen molar-refractivity contribution in [3.63, 3.8) is 0 Å². The van der Waals surface area contributed by atoms with Crippen molar-refractivity contribution in [2.75, 3.05) is 26.7 Å². The number of hydrogen-bond donors (Lipinski definition) is 2. The van der Waals surface area contributed by atoms with E-state index in [4.69, 9.17) is 9.52 Å². The van der Waals surface area contributed by atoms with Crippen molar-refractivity contribution in [2.24, 2.45) is 0 Å². The van der Waals surface area contributed by atoms with Crippen LogP contribution in [0, 0.1) is 6.92 Å². The third kappa shape index (κ3) is 4.34. The van der Waals surface area contributed by atoms with Crippen LogP contribution in [0.1, 0.15) is 17.1 Å². The highest BCUT2D eigenvalue weighted by Gasteiger charge is 2.10. The van der Waals surface area contributed by atoms with E-state index in [0.29, 0.717) is 13.1 Å². The Morgan fingerprint density at radius 1 is 1.59 bits per heavy atom. The molecule has 0 aromatic carbocycles. The smallest absolute Gasteiger partial charge is 0.118 e. The number of aryl methyl sites for hydroxylation is 1. The first-order valence-corrected chi connectivity index (χ1v) is 5.88. The standard InChI is InChI=1S/C13H22N2O2/c1-4-5-15(6-7-16)10-13-8-12(9-14-3)11(2)17-13/h4,8,14,16H,1,5-7,9-10H2,2-3H3. The summed E-state index contributed by atoms with van der Waals surface area (Å²) in [5.41, 5.74) is 1.19. The molecule has 0 radical (unpaired) electrons. The van der Waals surface area contributed by atoms with Gasteiger partial charge in [0, 0.05) is 25.2 Å². The summed E-state index contributed by atoms with van der Waals surface area (Å²) in [6.07, 6.45) is 1.83. The van der Waals surface area contributed by atoms with Gasteiger partial charge in [-0.3, -0.25) is 4.90 Å². The highest BCUT2D eigenvalue weighted by Crippen LogP contribution is 2.16. The van der Waals surface area contributed by atoms with E-state index in [-0.39, 0.29) is 6.61 Å². The van der Waals surface area contributed by atoms with Gasteiger partial charge < -0.3 is 14.8 Å². The van der Waals surface area contributed by atoms with Crippen LogP contribution in [0.2, 0.25) is 0 Å². The van der Waals surface area contributed by atoms with Crippen LogP contribution in [0.4, 0.5) is 0 Å². The second-order valence-corrected chi connectivity index (χ2v) is 4.07. The quantitative estimate of drug-likeness (QED) is 0.670. The van der Waals surface area contributed by atoms with Crippen molar-refractivity contribution in [2.45, 2.75) is 20.0 Å². The average Bonchev–Trinajstić information content (AvgIpc) is 2.61. The maximum Gasteiger partial charge on any atom is 0.118 e. The molecule has 0 fully saturated rings. The second-order valence-electron chi connectivity index (χ2n) is 4.07. The lowest BCUT2D eigenvalue weighted by Crippen LogP contribution is -2.26. The predicted octanol–water partition coefficient (Wildman–Crippen LogP) is 1.29. The number of rotatable bonds is 8. The molecule has 1 aromatic rings. The first-order chi connectivity index (χ1) is 8.21. The van der Waals surface area contributed by atoms with Gasteiger partial charge in [0.25, 0.3) is 0 Å². The van der Waals surface area contributed by atoms with E-state index in [1.807, 2.05) is 20.0 Å². The van der Waals surface area contributed by atoms with Gasteiger partial charge in [0.15, 0.2) is 0 Å². The van der Waals surface area contributed by atoms with Crippen LogP contribution in [-0.2, 0) is 13.1 Å². The second kappa shape index (κ2) is 7.27. The molecule has 0 spiro atoms. The fourth-order valence-corrected chi connectivity index (χ4v) is 1.81. The van der Waals surface area contributed by atoms with Gasteiger partial charge in [0.2, 0.25) is 0 Å². The molecule has 0 aliphatic carbocycles. The van der Waals surface area contributed by atoms with Gasteiger partial charge in [-0.2, -0.15) is 0 Å². The normalized spacial score (nSPS) is 11.1. The summed E-state index contributed by atoms with van der Waals surface area (Å²) >= 11 is 0. The van der Waals surface area contributed by atoms with E-state index in [0.717, 1.165) is 24.6 Å². The summed E-state index contributed by atoms with van der Waals surface area (Å²) < 4.78 is 5.69. The molecule has 0 unspecified atom stereocenters. The van der Waals surface area contributed by atoms with Gasteiger partial charge in [-0.25, -0.2) is 0 Å². The zero-order chi connectivity index (χ0) is 12.7. The Balaban J connectivity index is 2.64. The molecule has 17 heavy (non-hydrogen) atoms. The lowest BCUT2D eigenvalue weighted by atomic mass is 10.2. The van der Waals surface area contributed by atoms with Crippen LogP contribution >= 0.6 is 0 Å². The summed E-state index contributed by atoms with van der Waals surface area (Å²) in [5.74, 6) is 1.89. The largest absolute Gasteiger partial charge is 0.465 e. The Bertz CT molecular complexity index is 347. The lowest BCUT2D eigenvalue weighted by Gasteiger charge is -2.17. The van der Waals surface area contributed by atoms with Crippen molar-refractivity contribution < 1.29 is 9.52 Å². The van der Waals surface area contributed by atoms with E-state index < -0.39 is 0 Å². The number of aliphatic hydroxyl groups is 1. The number of nitrogens with zero attached hydrogens (tertiary/aromatic N) is 1. The van der Waals surface area contributed by atoms with Gasteiger partial charge in [0.05, 0.1) is 13.2 Å². The minimum absolute atomic E-state index is 0.150. The van der Waals surface area contributed by atoms with Crippen molar-refractivity contribution in [3.05, 3.63) is 35.8 Å². The topological polar surface area (TPSA) is 48.6 Å². The number of aliphatic hydroxyl groups excluding tert-OH is 1. The molecule has 0 saturated carbocycles. The van der Waals surface area contributed by atoms with Gasteiger partial charge in [-0.1, -0.05) is 6.08 Å². The van der Waals surface area contributed by atoms with E-state index in [1.165, 1.54) is 5.56 Å². The van der Waals surface area contributed by atoms with Crippen molar-refractivity contribution in [3.8, 4) is 0 Å². The minimum Gasteiger partial charge on any atom is -0.465 e. The van der Waals surface area contributed by atoms with Gasteiger partial charge >= 0.3 is 0 Å². The maximum atomic E-state index is 8.97. The molecule has 0 amide bonds.